The predicted octanol–water partition coefficient (Wildman–Crippen LogP) is 1.99. The Kier molecular flexibility index (Phi) is 3.13. The fourth-order valence-corrected chi connectivity index (χ4v) is 3.60. The first kappa shape index (κ1) is 10.4. The summed E-state index contributed by atoms with van der Waals surface area (Å²) in [6.45, 7) is 2.19. The molecule has 14 heavy (non-hydrogen) atoms. The van der Waals surface area contributed by atoms with Crippen LogP contribution in [0.15, 0.2) is 0 Å². The Morgan fingerprint density at radius 2 is 1.93 bits per heavy atom. The van der Waals surface area contributed by atoms with Crippen molar-refractivity contribution < 1.29 is 0 Å². The molecule has 1 aliphatic carbocycles. The maximum atomic E-state index is 6.04. The minimum Gasteiger partial charge on any atom is -0.330 e. The van der Waals surface area contributed by atoms with Gasteiger partial charge in [0, 0.05) is 6.04 Å². The molecule has 1 saturated heterocycles. The highest BCUT2D eigenvalue weighted by molar-refractivity contribution is 4.97. The summed E-state index contributed by atoms with van der Waals surface area (Å²) < 4.78 is 0. The molecule has 1 saturated carbocycles. The Bertz CT molecular complexity index is 185. The average Bonchev–Trinajstić information content (AvgIpc) is 2.68. The van der Waals surface area contributed by atoms with Crippen molar-refractivity contribution in [3.05, 3.63) is 0 Å². The Balaban J connectivity index is 2.09. The van der Waals surface area contributed by atoms with Gasteiger partial charge in [-0.05, 0) is 51.2 Å². The van der Waals surface area contributed by atoms with Crippen LogP contribution in [0.25, 0.3) is 0 Å². The van der Waals surface area contributed by atoms with Crippen molar-refractivity contribution in [1.29, 1.82) is 0 Å². The largest absolute Gasteiger partial charge is 0.330 e. The van der Waals surface area contributed by atoms with Crippen molar-refractivity contribution in [3.8, 4) is 0 Å². The van der Waals surface area contributed by atoms with Crippen LogP contribution in [0.2, 0.25) is 0 Å². The van der Waals surface area contributed by atoms with Crippen LogP contribution in [0.1, 0.15) is 44.9 Å². The van der Waals surface area contributed by atoms with Crippen molar-refractivity contribution in [3.63, 3.8) is 0 Å². The molecular weight excluding hydrogens is 172 g/mol. The molecule has 1 atom stereocenters. The number of nitrogens with zero attached hydrogens (tertiary/aromatic N) is 1. The highest BCUT2D eigenvalue weighted by Gasteiger charge is 2.42. The van der Waals surface area contributed by atoms with Crippen LogP contribution in [-0.4, -0.2) is 31.1 Å². The second kappa shape index (κ2) is 4.19. The zero-order valence-corrected chi connectivity index (χ0v) is 9.47. The highest BCUT2D eigenvalue weighted by Crippen LogP contribution is 2.44. The first-order chi connectivity index (χ1) is 6.78. The van der Waals surface area contributed by atoms with E-state index in [9.17, 15) is 0 Å². The Hall–Kier alpha value is -0.0800. The van der Waals surface area contributed by atoms with Gasteiger partial charge in [0.25, 0.3) is 0 Å². The molecule has 0 spiro atoms. The molecule has 0 radical (unpaired) electrons. The molecule has 0 aromatic heterocycles. The fourth-order valence-electron chi connectivity index (χ4n) is 3.60. The monoisotopic (exact) mass is 196 g/mol. The number of hydrogen-bond acceptors (Lipinski definition) is 2. The maximum absolute atomic E-state index is 6.04. The first-order valence-electron chi connectivity index (χ1n) is 6.19. The van der Waals surface area contributed by atoms with Crippen molar-refractivity contribution in [2.24, 2.45) is 11.1 Å². The van der Waals surface area contributed by atoms with Crippen LogP contribution >= 0.6 is 0 Å². The van der Waals surface area contributed by atoms with Crippen molar-refractivity contribution in [1.82, 2.24) is 4.90 Å². The van der Waals surface area contributed by atoms with E-state index >= 15 is 0 Å². The third-order valence-corrected chi connectivity index (χ3v) is 4.48. The summed E-state index contributed by atoms with van der Waals surface area (Å²) in [4.78, 5) is 2.57. The zero-order valence-electron chi connectivity index (χ0n) is 9.47. The van der Waals surface area contributed by atoms with E-state index in [-0.39, 0.29) is 0 Å². The normalized spacial score (nSPS) is 33.4. The van der Waals surface area contributed by atoms with Gasteiger partial charge in [-0.15, -0.1) is 0 Å². The molecule has 82 valence electrons. The van der Waals surface area contributed by atoms with Crippen LogP contribution in [-0.2, 0) is 0 Å². The zero-order chi connectivity index (χ0) is 10.0. The SMILES string of the molecule is CN1CCCCC1C1(CN)CCCC1. The number of hydrogen-bond donors (Lipinski definition) is 1. The molecule has 1 unspecified atom stereocenters. The van der Waals surface area contributed by atoms with Crippen LogP contribution < -0.4 is 5.73 Å². The summed E-state index contributed by atoms with van der Waals surface area (Å²) in [6, 6.07) is 0.781. The lowest BCUT2D eigenvalue weighted by atomic mass is 9.74. The van der Waals surface area contributed by atoms with E-state index in [1.807, 2.05) is 0 Å². The van der Waals surface area contributed by atoms with Crippen LogP contribution in [0.5, 0.6) is 0 Å². The maximum Gasteiger partial charge on any atom is 0.0161 e. The van der Waals surface area contributed by atoms with Crippen molar-refractivity contribution in [2.75, 3.05) is 20.1 Å². The van der Waals surface area contributed by atoms with E-state index in [4.69, 9.17) is 5.73 Å². The van der Waals surface area contributed by atoms with Gasteiger partial charge in [0.15, 0.2) is 0 Å². The van der Waals surface area contributed by atoms with E-state index in [2.05, 4.69) is 11.9 Å². The molecule has 1 heterocycles. The number of likely N-dealkylation sites (tertiary alicyclic amines) is 1. The summed E-state index contributed by atoms with van der Waals surface area (Å²) in [5.41, 5.74) is 6.52. The summed E-state index contributed by atoms with van der Waals surface area (Å²) in [5, 5.41) is 0. The van der Waals surface area contributed by atoms with E-state index in [0.29, 0.717) is 5.41 Å². The number of rotatable bonds is 2. The van der Waals surface area contributed by atoms with E-state index in [0.717, 1.165) is 12.6 Å². The molecule has 2 heteroatoms. The lowest BCUT2D eigenvalue weighted by Gasteiger charge is -2.45. The number of nitrogens with two attached hydrogens (primary N) is 1. The lowest BCUT2D eigenvalue weighted by Crippen LogP contribution is -2.50. The lowest BCUT2D eigenvalue weighted by molar-refractivity contribution is 0.0604. The van der Waals surface area contributed by atoms with Gasteiger partial charge in [-0.3, -0.25) is 0 Å². The Labute approximate surface area is 87.8 Å². The van der Waals surface area contributed by atoms with Gasteiger partial charge < -0.3 is 10.6 Å². The predicted molar refractivity (Wildman–Crippen MR) is 60.2 cm³/mol. The highest BCUT2D eigenvalue weighted by atomic mass is 15.1. The molecule has 2 nitrogen and oxygen atoms in total. The van der Waals surface area contributed by atoms with Crippen molar-refractivity contribution in [2.45, 2.75) is 51.0 Å². The third-order valence-electron chi connectivity index (χ3n) is 4.48. The number of piperidine rings is 1. The molecule has 2 aliphatic rings. The summed E-state index contributed by atoms with van der Waals surface area (Å²) in [7, 11) is 2.29. The molecule has 0 aromatic rings. The third kappa shape index (κ3) is 1.70. The van der Waals surface area contributed by atoms with E-state index < -0.39 is 0 Å². The molecule has 0 amide bonds. The summed E-state index contributed by atoms with van der Waals surface area (Å²) in [6.07, 6.45) is 9.73. The second-order valence-electron chi connectivity index (χ2n) is 5.27. The van der Waals surface area contributed by atoms with Crippen LogP contribution in [0, 0.1) is 5.41 Å². The Morgan fingerprint density at radius 1 is 1.21 bits per heavy atom. The summed E-state index contributed by atoms with van der Waals surface area (Å²) >= 11 is 0. The first-order valence-corrected chi connectivity index (χ1v) is 6.19. The molecular formula is C12H24N2. The topological polar surface area (TPSA) is 29.3 Å². The molecule has 0 aromatic carbocycles. The average molecular weight is 196 g/mol. The molecule has 1 aliphatic heterocycles. The molecule has 2 fully saturated rings. The minimum absolute atomic E-state index is 0.481. The standard InChI is InChI=1S/C12H24N2/c1-14-9-5-2-6-11(14)12(10-13)7-3-4-8-12/h11H,2-10,13H2,1H3. The Morgan fingerprint density at radius 3 is 2.50 bits per heavy atom. The van der Waals surface area contributed by atoms with Gasteiger partial charge in [0.05, 0.1) is 0 Å². The van der Waals surface area contributed by atoms with Gasteiger partial charge in [-0.1, -0.05) is 19.3 Å². The van der Waals surface area contributed by atoms with E-state index in [1.54, 1.807) is 0 Å². The fraction of sp³-hybridized carbons (Fsp3) is 1.00. The molecule has 2 rings (SSSR count). The van der Waals surface area contributed by atoms with Crippen LogP contribution in [0.4, 0.5) is 0 Å². The molecule has 0 bridgehead atoms. The summed E-state index contributed by atoms with van der Waals surface area (Å²) in [5.74, 6) is 0. The van der Waals surface area contributed by atoms with Gasteiger partial charge in [-0.25, -0.2) is 0 Å². The van der Waals surface area contributed by atoms with Gasteiger partial charge in [-0.2, -0.15) is 0 Å². The van der Waals surface area contributed by atoms with Gasteiger partial charge in [0.2, 0.25) is 0 Å². The van der Waals surface area contributed by atoms with Crippen LogP contribution in [0.3, 0.4) is 0 Å². The molecule has 2 N–H and O–H groups in total. The minimum atomic E-state index is 0.481. The second-order valence-corrected chi connectivity index (χ2v) is 5.27. The van der Waals surface area contributed by atoms with Crippen molar-refractivity contribution >= 4 is 0 Å². The van der Waals surface area contributed by atoms with E-state index in [1.165, 1.54) is 51.5 Å². The quantitative estimate of drug-likeness (QED) is 0.732. The van der Waals surface area contributed by atoms with Gasteiger partial charge in [0.1, 0.15) is 0 Å². The van der Waals surface area contributed by atoms with Gasteiger partial charge >= 0.3 is 0 Å². The smallest absolute Gasteiger partial charge is 0.0161 e.